The molecule has 1 aromatic heterocycles. The van der Waals surface area contributed by atoms with Crippen molar-refractivity contribution in [2.75, 3.05) is 6.61 Å². The van der Waals surface area contributed by atoms with Crippen molar-refractivity contribution in [3.63, 3.8) is 0 Å². The zero-order valence-electron chi connectivity index (χ0n) is 20.2. The number of imidazole rings is 1. The van der Waals surface area contributed by atoms with E-state index in [1.54, 1.807) is 0 Å². The van der Waals surface area contributed by atoms with Crippen LogP contribution in [0, 0.1) is 13.8 Å². The molecule has 4 aromatic carbocycles. The Kier molecular flexibility index (Phi) is 7.20. The summed E-state index contributed by atoms with van der Waals surface area (Å²) >= 11 is 1.85. The SMILES string of the molecule is Cc1ccc(OCCCn2c(C(Sc3ccccc3)c3ccccc3)nc3ccccc32)c(C)c1. The number of hydrogen-bond acceptors (Lipinski definition) is 3. The highest BCUT2D eigenvalue weighted by Crippen LogP contribution is 2.41. The smallest absolute Gasteiger partial charge is 0.127 e. The van der Waals surface area contributed by atoms with E-state index in [4.69, 9.17) is 9.72 Å². The number of para-hydroxylation sites is 2. The van der Waals surface area contributed by atoms with Gasteiger partial charge in [-0.25, -0.2) is 4.98 Å². The Hall–Kier alpha value is -3.50. The summed E-state index contributed by atoms with van der Waals surface area (Å²) in [6.07, 6.45) is 0.901. The highest BCUT2D eigenvalue weighted by molar-refractivity contribution is 7.99. The van der Waals surface area contributed by atoms with Crippen LogP contribution in [0.3, 0.4) is 0 Å². The average Bonchev–Trinajstić information content (AvgIpc) is 3.25. The molecule has 35 heavy (non-hydrogen) atoms. The number of nitrogens with zero attached hydrogens (tertiary/aromatic N) is 2. The van der Waals surface area contributed by atoms with Crippen LogP contribution in [0.25, 0.3) is 11.0 Å². The molecule has 0 amide bonds. The minimum absolute atomic E-state index is 0.0891. The molecule has 0 bridgehead atoms. The Morgan fingerprint density at radius 1 is 0.829 bits per heavy atom. The Balaban J connectivity index is 1.44. The number of ether oxygens (including phenoxy) is 1. The van der Waals surface area contributed by atoms with Crippen LogP contribution in [0.15, 0.2) is 108 Å². The molecule has 1 atom stereocenters. The molecule has 5 rings (SSSR count). The second kappa shape index (κ2) is 10.8. The molecular formula is C31H30N2OS. The van der Waals surface area contributed by atoms with Crippen molar-refractivity contribution in [1.29, 1.82) is 0 Å². The lowest BCUT2D eigenvalue weighted by atomic mass is 10.1. The van der Waals surface area contributed by atoms with Crippen LogP contribution in [0.4, 0.5) is 0 Å². The monoisotopic (exact) mass is 478 g/mol. The van der Waals surface area contributed by atoms with Gasteiger partial charge in [-0.15, -0.1) is 11.8 Å². The van der Waals surface area contributed by atoms with Gasteiger partial charge in [0.15, 0.2) is 0 Å². The molecule has 0 aliphatic rings. The molecule has 1 heterocycles. The van der Waals surface area contributed by atoms with E-state index in [1.165, 1.54) is 27.1 Å². The third kappa shape index (κ3) is 5.44. The maximum absolute atomic E-state index is 6.14. The van der Waals surface area contributed by atoms with Gasteiger partial charge in [-0.1, -0.05) is 78.4 Å². The van der Waals surface area contributed by atoms with E-state index in [-0.39, 0.29) is 5.25 Å². The quantitative estimate of drug-likeness (QED) is 0.159. The first-order valence-corrected chi connectivity index (χ1v) is 13.0. The Labute approximate surface area is 211 Å². The van der Waals surface area contributed by atoms with Gasteiger partial charge in [0.05, 0.1) is 22.9 Å². The molecule has 0 radical (unpaired) electrons. The lowest BCUT2D eigenvalue weighted by molar-refractivity contribution is 0.300. The standard InChI is InChI=1S/C31H30N2OS/c1-23-18-19-29(24(2)22-23)34-21-11-20-33-28-17-10-9-16-27(28)32-31(33)30(25-12-5-3-6-13-25)35-26-14-7-4-8-15-26/h3-10,12-19,22,30H,11,20-21H2,1-2H3. The first-order chi connectivity index (χ1) is 17.2. The van der Waals surface area contributed by atoms with Gasteiger partial charge in [0.1, 0.15) is 11.6 Å². The third-order valence-corrected chi connectivity index (χ3v) is 7.40. The molecule has 0 spiro atoms. The summed E-state index contributed by atoms with van der Waals surface area (Å²) in [6.45, 7) is 5.73. The van der Waals surface area contributed by atoms with Crippen LogP contribution >= 0.6 is 11.8 Å². The lowest BCUT2D eigenvalue weighted by Crippen LogP contribution is -2.11. The van der Waals surface area contributed by atoms with Crippen molar-refractivity contribution in [2.24, 2.45) is 0 Å². The second-order valence-corrected chi connectivity index (χ2v) is 9.98. The Bertz CT molecular complexity index is 1400. The first kappa shape index (κ1) is 23.3. The summed E-state index contributed by atoms with van der Waals surface area (Å²) in [4.78, 5) is 6.38. The molecule has 5 aromatic rings. The zero-order chi connectivity index (χ0) is 24.0. The van der Waals surface area contributed by atoms with Gasteiger partial charge in [-0.2, -0.15) is 0 Å². The van der Waals surface area contributed by atoms with E-state index < -0.39 is 0 Å². The molecule has 1 unspecified atom stereocenters. The molecule has 0 saturated carbocycles. The fraction of sp³-hybridized carbons (Fsp3) is 0.194. The molecule has 0 saturated heterocycles. The zero-order valence-corrected chi connectivity index (χ0v) is 21.0. The van der Waals surface area contributed by atoms with E-state index in [0.717, 1.165) is 30.1 Å². The van der Waals surface area contributed by atoms with Gasteiger partial charge in [-0.3, -0.25) is 0 Å². The van der Waals surface area contributed by atoms with Crippen LogP contribution in [-0.4, -0.2) is 16.2 Å². The van der Waals surface area contributed by atoms with Crippen LogP contribution in [-0.2, 0) is 6.54 Å². The third-order valence-electron chi connectivity index (χ3n) is 6.13. The topological polar surface area (TPSA) is 27.1 Å². The van der Waals surface area contributed by atoms with Crippen molar-refractivity contribution in [3.05, 3.63) is 126 Å². The maximum atomic E-state index is 6.14. The van der Waals surface area contributed by atoms with Crippen molar-refractivity contribution in [2.45, 2.75) is 37.0 Å². The van der Waals surface area contributed by atoms with E-state index in [2.05, 4.69) is 122 Å². The minimum Gasteiger partial charge on any atom is -0.493 e. The van der Waals surface area contributed by atoms with Crippen LogP contribution in [0.2, 0.25) is 0 Å². The number of hydrogen-bond donors (Lipinski definition) is 0. The molecule has 176 valence electrons. The highest BCUT2D eigenvalue weighted by Gasteiger charge is 2.23. The number of fused-ring (bicyclic) bond motifs is 1. The molecule has 0 aliphatic heterocycles. The highest BCUT2D eigenvalue weighted by atomic mass is 32.2. The largest absolute Gasteiger partial charge is 0.493 e. The normalized spacial score (nSPS) is 12.1. The van der Waals surface area contributed by atoms with Gasteiger partial charge < -0.3 is 9.30 Å². The van der Waals surface area contributed by atoms with Crippen LogP contribution < -0.4 is 4.74 Å². The molecule has 3 nitrogen and oxygen atoms in total. The summed E-state index contributed by atoms with van der Waals surface area (Å²) < 4.78 is 8.53. The summed E-state index contributed by atoms with van der Waals surface area (Å²) in [5, 5.41) is 0.0891. The van der Waals surface area contributed by atoms with E-state index in [0.29, 0.717) is 6.61 Å². The second-order valence-electron chi connectivity index (χ2n) is 8.80. The number of benzene rings is 4. The number of rotatable bonds is 9. The predicted molar refractivity (Wildman–Crippen MR) is 146 cm³/mol. The van der Waals surface area contributed by atoms with Crippen molar-refractivity contribution >= 4 is 22.8 Å². The van der Waals surface area contributed by atoms with Crippen LogP contribution in [0.5, 0.6) is 5.75 Å². The van der Waals surface area contributed by atoms with Gasteiger partial charge in [-0.05, 0) is 61.7 Å². The van der Waals surface area contributed by atoms with Crippen molar-refractivity contribution < 1.29 is 4.74 Å². The Morgan fingerprint density at radius 2 is 1.54 bits per heavy atom. The van der Waals surface area contributed by atoms with Crippen LogP contribution in [0.1, 0.15) is 34.2 Å². The van der Waals surface area contributed by atoms with Crippen molar-refractivity contribution in [3.8, 4) is 5.75 Å². The fourth-order valence-corrected chi connectivity index (χ4v) is 5.59. The summed E-state index contributed by atoms with van der Waals surface area (Å²) in [5.74, 6) is 2.05. The predicted octanol–water partition coefficient (Wildman–Crippen LogP) is 8.00. The first-order valence-electron chi connectivity index (χ1n) is 12.1. The molecule has 4 heteroatoms. The van der Waals surface area contributed by atoms with E-state index in [9.17, 15) is 0 Å². The fourth-order valence-electron chi connectivity index (χ4n) is 4.43. The average molecular weight is 479 g/mol. The molecule has 0 aliphatic carbocycles. The number of thioether (sulfide) groups is 1. The van der Waals surface area contributed by atoms with Gasteiger partial charge in [0.25, 0.3) is 0 Å². The number of aryl methyl sites for hydroxylation is 3. The van der Waals surface area contributed by atoms with Crippen molar-refractivity contribution in [1.82, 2.24) is 9.55 Å². The van der Waals surface area contributed by atoms with Gasteiger partial charge in [0.2, 0.25) is 0 Å². The number of aromatic nitrogens is 2. The summed E-state index contributed by atoms with van der Waals surface area (Å²) in [5.41, 5.74) is 5.90. The molecule has 0 fully saturated rings. The van der Waals surface area contributed by atoms with E-state index in [1.807, 2.05) is 11.8 Å². The minimum atomic E-state index is 0.0891. The summed E-state index contributed by atoms with van der Waals surface area (Å²) in [7, 11) is 0. The van der Waals surface area contributed by atoms with Gasteiger partial charge >= 0.3 is 0 Å². The molecule has 0 N–H and O–H groups in total. The maximum Gasteiger partial charge on any atom is 0.127 e. The van der Waals surface area contributed by atoms with Gasteiger partial charge in [0, 0.05) is 11.4 Å². The lowest BCUT2D eigenvalue weighted by Gasteiger charge is -2.19. The Morgan fingerprint density at radius 3 is 2.31 bits per heavy atom. The van der Waals surface area contributed by atoms with E-state index >= 15 is 0 Å². The molecular weight excluding hydrogens is 448 g/mol. The summed E-state index contributed by atoms with van der Waals surface area (Å²) in [6, 6.07) is 36.1.